The van der Waals surface area contributed by atoms with Gasteiger partial charge in [-0.05, 0) is 67.3 Å². The molecule has 0 radical (unpaired) electrons. The van der Waals surface area contributed by atoms with Crippen molar-refractivity contribution in [1.82, 2.24) is 5.43 Å². The lowest BCUT2D eigenvalue weighted by atomic mass is 10.1. The monoisotopic (exact) mass is 367 g/mol. The molecule has 0 aliphatic carbocycles. The fourth-order valence-electron chi connectivity index (χ4n) is 2.25. The van der Waals surface area contributed by atoms with Crippen LogP contribution in [0, 0.1) is 13.8 Å². The molecule has 2 amide bonds. The number of hydrazone groups is 1. The topological polar surface area (TPSA) is 79.8 Å². The van der Waals surface area contributed by atoms with Gasteiger partial charge in [-0.2, -0.15) is 5.10 Å². The van der Waals surface area contributed by atoms with E-state index in [0.29, 0.717) is 12.3 Å². The highest BCUT2D eigenvalue weighted by molar-refractivity contribution is 6.39. The first-order valence-corrected chi connectivity index (χ1v) is 8.94. The van der Waals surface area contributed by atoms with E-state index in [1.54, 1.807) is 0 Å². The molecule has 0 atom stereocenters. The molecule has 2 N–H and O–H groups in total. The second-order valence-electron chi connectivity index (χ2n) is 6.24. The first-order chi connectivity index (χ1) is 13.0. The number of nitrogens with zero attached hydrogens (tertiary/aromatic N) is 1. The molecule has 27 heavy (non-hydrogen) atoms. The molecule has 0 bridgehead atoms. The van der Waals surface area contributed by atoms with E-state index in [-0.39, 0.29) is 0 Å². The van der Waals surface area contributed by atoms with Gasteiger partial charge in [-0.25, -0.2) is 5.43 Å². The molecule has 0 unspecified atom stereocenters. The lowest BCUT2D eigenvalue weighted by Gasteiger charge is -2.08. The molecule has 2 rings (SSSR count). The first kappa shape index (κ1) is 20.2. The summed E-state index contributed by atoms with van der Waals surface area (Å²) in [5.74, 6) is -0.801. The van der Waals surface area contributed by atoms with E-state index in [4.69, 9.17) is 4.74 Å². The number of benzene rings is 2. The van der Waals surface area contributed by atoms with Crippen molar-refractivity contribution < 1.29 is 14.3 Å². The fourth-order valence-corrected chi connectivity index (χ4v) is 2.25. The summed E-state index contributed by atoms with van der Waals surface area (Å²) in [6, 6.07) is 13.0. The summed E-state index contributed by atoms with van der Waals surface area (Å²) >= 11 is 0. The molecule has 2 aromatic rings. The van der Waals surface area contributed by atoms with Crippen molar-refractivity contribution in [3.8, 4) is 5.75 Å². The van der Waals surface area contributed by atoms with Crippen LogP contribution in [0.1, 0.15) is 36.5 Å². The first-order valence-electron chi connectivity index (χ1n) is 8.94. The predicted octanol–water partition coefficient (Wildman–Crippen LogP) is 3.57. The molecule has 6 heteroatoms. The van der Waals surface area contributed by atoms with Crippen LogP contribution in [0.15, 0.2) is 47.6 Å². The summed E-state index contributed by atoms with van der Waals surface area (Å²) in [6.45, 7) is 6.58. The Morgan fingerprint density at radius 1 is 1.07 bits per heavy atom. The highest BCUT2D eigenvalue weighted by Crippen LogP contribution is 2.16. The van der Waals surface area contributed by atoms with Gasteiger partial charge >= 0.3 is 11.8 Å². The lowest BCUT2D eigenvalue weighted by molar-refractivity contribution is -0.136. The van der Waals surface area contributed by atoms with Crippen molar-refractivity contribution in [3.05, 3.63) is 59.2 Å². The average Bonchev–Trinajstić information content (AvgIpc) is 2.66. The third kappa shape index (κ3) is 6.58. The minimum absolute atomic E-state index is 0.609. The molecular formula is C21H25N3O3. The number of hydrogen-bond donors (Lipinski definition) is 2. The van der Waals surface area contributed by atoms with E-state index >= 15 is 0 Å². The van der Waals surface area contributed by atoms with Gasteiger partial charge in [-0.15, -0.1) is 0 Å². The number of hydrogen-bond acceptors (Lipinski definition) is 4. The molecule has 0 aromatic heterocycles. The van der Waals surface area contributed by atoms with Crippen LogP contribution in [0.2, 0.25) is 0 Å². The highest BCUT2D eigenvalue weighted by Gasteiger charge is 2.13. The minimum atomic E-state index is -0.827. The van der Waals surface area contributed by atoms with E-state index < -0.39 is 11.8 Å². The summed E-state index contributed by atoms with van der Waals surface area (Å²) in [5.41, 5.74) is 5.50. The molecule has 2 aromatic carbocycles. The van der Waals surface area contributed by atoms with Crippen molar-refractivity contribution in [2.45, 2.75) is 33.6 Å². The van der Waals surface area contributed by atoms with Crippen LogP contribution in [0.5, 0.6) is 5.75 Å². The number of rotatable bonds is 7. The van der Waals surface area contributed by atoms with Gasteiger partial charge in [-0.3, -0.25) is 9.59 Å². The zero-order valence-electron chi connectivity index (χ0n) is 15.9. The van der Waals surface area contributed by atoms with Gasteiger partial charge in [0.15, 0.2) is 0 Å². The molecule has 6 nitrogen and oxygen atoms in total. The minimum Gasteiger partial charge on any atom is -0.494 e. The number of ether oxygens (including phenoxy) is 1. The lowest BCUT2D eigenvalue weighted by Crippen LogP contribution is -2.32. The Labute approximate surface area is 159 Å². The number of unbranched alkanes of at least 4 members (excludes halogenated alkanes) is 1. The Bertz CT molecular complexity index is 814. The van der Waals surface area contributed by atoms with Crippen molar-refractivity contribution in [2.24, 2.45) is 5.10 Å². The van der Waals surface area contributed by atoms with Crippen molar-refractivity contribution in [1.29, 1.82) is 0 Å². The number of carbonyl (C=O) groups excluding carboxylic acids is 2. The number of aryl methyl sites for hydroxylation is 2. The van der Waals surface area contributed by atoms with Gasteiger partial charge in [0.2, 0.25) is 0 Å². The van der Waals surface area contributed by atoms with Crippen molar-refractivity contribution >= 4 is 23.7 Å². The van der Waals surface area contributed by atoms with E-state index in [9.17, 15) is 9.59 Å². The molecule has 0 heterocycles. The maximum atomic E-state index is 12.0. The molecule has 0 spiro atoms. The predicted molar refractivity (Wildman–Crippen MR) is 107 cm³/mol. The molecular weight excluding hydrogens is 342 g/mol. The number of carbonyl (C=O) groups is 2. The standard InChI is InChI=1S/C21H25N3O3/c1-4-5-12-27-18-10-8-17(9-11-18)14-22-24-21(26)20(25)23-19-13-15(2)6-7-16(19)3/h6-11,13-14H,4-5,12H2,1-3H3,(H,23,25)(H,24,26)/b22-14+. The Kier molecular flexibility index (Phi) is 7.55. The zero-order valence-corrected chi connectivity index (χ0v) is 15.9. The second-order valence-corrected chi connectivity index (χ2v) is 6.24. The van der Waals surface area contributed by atoms with Gasteiger partial charge in [0.05, 0.1) is 12.8 Å². The maximum absolute atomic E-state index is 12.0. The Morgan fingerprint density at radius 2 is 1.81 bits per heavy atom. The van der Waals surface area contributed by atoms with Crippen LogP contribution in [0.25, 0.3) is 0 Å². The molecule has 0 saturated carbocycles. The van der Waals surface area contributed by atoms with Crippen molar-refractivity contribution in [3.63, 3.8) is 0 Å². The van der Waals surface area contributed by atoms with Gasteiger partial charge in [0.1, 0.15) is 5.75 Å². The van der Waals surface area contributed by atoms with Crippen LogP contribution < -0.4 is 15.5 Å². The third-order valence-electron chi connectivity index (χ3n) is 3.87. The Morgan fingerprint density at radius 3 is 2.52 bits per heavy atom. The molecule has 0 fully saturated rings. The van der Waals surface area contributed by atoms with Crippen LogP contribution in [-0.2, 0) is 9.59 Å². The quantitative estimate of drug-likeness (QED) is 0.340. The van der Waals surface area contributed by atoms with Crippen LogP contribution in [0.3, 0.4) is 0 Å². The molecule has 142 valence electrons. The second kappa shape index (κ2) is 10.1. The highest BCUT2D eigenvalue weighted by atomic mass is 16.5. The largest absolute Gasteiger partial charge is 0.494 e. The normalized spacial score (nSPS) is 10.6. The Hall–Kier alpha value is -3.15. The Balaban J connectivity index is 1.85. The fraction of sp³-hybridized carbons (Fsp3) is 0.286. The van der Waals surface area contributed by atoms with E-state index in [0.717, 1.165) is 35.3 Å². The molecule has 0 saturated heterocycles. The van der Waals surface area contributed by atoms with Gasteiger partial charge < -0.3 is 10.1 Å². The third-order valence-corrected chi connectivity index (χ3v) is 3.87. The van der Waals surface area contributed by atoms with Crippen LogP contribution in [0.4, 0.5) is 5.69 Å². The van der Waals surface area contributed by atoms with Crippen LogP contribution in [-0.4, -0.2) is 24.6 Å². The zero-order chi connectivity index (χ0) is 19.6. The van der Waals surface area contributed by atoms with Gasteiger partial charge in [0, 0.05) is 5.69 Å². The number of amides is 2. The SMILES string of the molecule is CCCCOc1ccc(/C=N/NC(=O)C(=O)Nc2cc(C)ccc2C)cc1. The van der Waals surface area contributed by atoms with E-state index in [1.807, 2.05) is 56.3 Å². The van der Waals surface area contributed by atoms with E-state index in [1.165, 1.54) is 6.21 Å². The number of anilines is 1. The summed E-state index contributed by atoms with van der Waals surface area (Å²) in [7, 11) is 0. The van der Waals surface area contributed by atoms with Crippen molar-refractivity contribution in [2.75, 3.05) is 11.9 Å². The summed E-state index contributed by atoms with van der Waals surface area (Å²) in [4.78, 5) is 23.9. The average molecular weight is 367 g/mol. The smallest absolute Gasteiger partial charge is 0.329 e. The van der Waals surface area contributed by atoms with Gasteiger partial charge in [0.25, 0.3) is 0 Å². The van der Waals surface area contributed by atoms with E-state index in [2.05, 4.69) is 22.8 Å². The summed E-state index contributed by atoms with van der Waals surface area (Å²) in [5, 5.41) is 6.41. The van der Waals surface area contributed by atoms with Crippen LogP contribution >= 0.6 is 0 Å². The molecule has 0 aliphatic rings. The molecule has 0 aliphatic heterocycles. The maximum Gasteiger partial charge on any atom is 0.329 e. The summed E-state index contributed by atoms with van der Waals surface area (Å²) in [6.07, 6.45) is 3.57. The van der Waals surface area contributed by atoms with Gasteiger partial charge in [-0.1, -0.05) is 25.5 Å². The summed E-state index contributed by atoms with van der Waals surface area (Å²) < 4.78 is 5.58. The number of nitrogens with one attached hydrogen (secondary N) is 2.